The van der Waals surface area contributed by atoms with Gasteiger partial charge in [0.15, 0.2) is 5.60 Å². The topological polar surface area (TPSA) is 103 Å². The summed E-state index contributed by atoms with van der Waals surface area (Å²) in [5.41, 5.74) is 1.98. The molecule has 1 saturated heterocycles. The van der Waals surface area contributed by atoms with Gasteiger partial charge >= 0.3 is 5.97 Å². The Labute approximate surface area is 179 Å². The van der Waals surface area contributed by atoms with E-state index in [-0.39, 0.29) is 24.7 Å². The Bertz CT molecular complexity index is 1160. The van der Waals surface area contributed by atoms with E-state index in [2.05, 4.69) is 0 Å². The molecular formula is C23H25N3O5. The Morgan fingerprint density at radius 2 is 2.10 bits per heavy atom. The molecule has 8 heteroatoms. The van der Waals surface area contributed by atoms with E-state index in [1.54, 1.807) is 24.0 Å². The van der Waals surface area contributed by atoms with Gasteiger partial charge in [-0.2, -0.15) is 0 Å². The van der Waals surface area contributed by atoms with Crippen LogP contribution in [0.3, 0.4) is 0 Å². The van der Waals surface area contributed by atoms with Gasteiger partial charge in [0.05, 0.1) is 29.4 Å². The molecule has 0 radical (unpaired) electrons. The van der Waals surface area contributed by atoms with E-state index in [4.69, 9.17) is 9.72 Å². The van der Waals surface area contributed by atoms with E-state index in [9.17, 15) is 19.8 Å². The van der Waals surface area contributed by atoms with Crippen molar-refractivity contribution in [3.8, 4) is 5.75 Å². The molecule has 5 rings (SSSR count). The van der Waals surface area contributed by atoms with E-state index in [1.807, 2.05) is 31.1 Å². The number of aromatic nitrogens is 1. The molecule has 0 spiro atoms. The van der Waals surface area contributed by atoms with Crippen LogP contribution in [0.25, 0.3) is 16.6 Å². The number of carbonyl (C=O) groups excluding carboxylic acids is 2. The predicted molar refractivity (Wildman–Crippen MR) is 113 cm³/mol. The van der Waals surface area contributed by atoms with Crippen LogP contribution >= 0.6 is 0 Å². The molecule has 0 saturated carbocycles. The number of amides is 1. The fraction of sp³-hybridized carbons (Fsp3) is 0.435. The largest absolute Gasteiger partial charge is 0.508 e. The Kier molecular flexibility index (Phi) is 4.36. The number of phenols is 1. The maximum absolute atomic E-state index is 13.3. The summed E-state index contributed by atoms with van der Waals surface area (Å²) in [5.74, 6) is -1.89. The Morgan fingerprint density at radius 1 is 1.32 bits per heavy atom. The van der Waals surface area contributed by atoms with Gasteiger partial charge in [0.25, 0.3) is 0 Å². The van der Waals surface area contributed by atoms with Crippen molar-refractivity contribution < 1.29 is 24.5 Å². The Balaban J connectivity index is 1.66. The van der Waals surface area contributed by atoms with E-state index < -0.39 is 23.4 Å². The van der Waals surface area contributed by atoms with Crippen molar-refractivity contribution in [3.05, 3.63) is 41.1 Å². The third kappa shape index (κ3) is 2.78. The van der Waals surface area contributed by atoms with E-state index >= 15 is 0 Å². The zero-order valence-corrected chi connectivity index (χ0v) is 17.8. The van der Waals surface area contributed by atoms with Gasteiger partial charge in [0, 0.05) is 29.0 Å². The molecule has 2 N–H and O–H groups in total. The molecular weight excluding hydrogens is 398 g/mol. The first kappa shape index (κ1) is 20.0. The van der Waals surface area contributed by atoms with Gasteiger partial charge in [-0.15, -0.1) is 0 Å². The molecule has 3 aliphatic rings. The minimum Gasteiger partial charge on any atom is -0.508 e. The van der Waals surface area contributed by atoms with Crippen LogP contribution in [-0.4, -0.2) is 63.2 Å². The zero-order chi connectivity index (χ0) is 22.1. The number of pyridine rings is 1. The molecule has 4 heterocycles. The number of esters is 1. The molecule has 3 aliphatic heterocycles. The predicted octanol–water partition coefficient (Wildman–Crippen LogP) is 1.63. The van der Waals surface area contributed by atoms with Crippen LogP contribution in [0.1, 0.15) is 30.2 Å². The van der Waals surface area contributed by atoms with Crippen LogP contribution in [0.2, 0.25) is 0 Å². The monoisotopic (exact) mass is 423 g/mol. The van der Waals surface area contributed by atoms with Crippen LogP contribution in [0.4, 0.5) is 0 Å². The van der Waals surface area contributed by atoms with Gasteiger partial charge in [-0.25, -0.2) is 9.78 Å². The number of aromatic hydroxyl groups is 1. The van der Waals surface area contributed by atoms with Crippen molar-refractivity contribution in [1.82, 2.24) is 14.8 Å². The normalized spacial score (nSPS) is 27.1. The van der Waals surface area contributed by atoms with E-state index in [1.165, 1.54) is 0 Å². The summed E-state index contributed by atoms with van der Waals surface area (Å²) in [6, 6.07) is 5.39. The van der Waals surface area contributed by atoms with E-state index in [0.717, 1.165) is 22.0 Å². The lowest BCUT2D eigenvalue weighted by Gasteiger charge is -2.44. The molecule has 1 amide bonds. The molecule has 2 aromatic rings. The van der Waals surface area contributed by atoms with Gasteiger partial charge < -0.3 is 24.7 Å². The molecule has 1 fully saturated rings. The molecule has 1 aromatic carbocycles. The number of benzene rings is 1. The van der Waals surface area contributed by atoms with E-state index in [0.29, 0.717) is 24.5 Å². The maximum atomic E-state index is 13.3. The minimum atomic E-state index is -1.72. The number of ether oxygens (including phenoxy) is 1. The standard InChI is InChI=1S/C23H25N3O5/c1-4-23(30)16-8-18-20-12(9-26(18)21(28)15(16)11-31-22(23)29)7-13-14(10-25(2)3)19(27)6-5-17(13)24-20/h5-8,15-16,27,30H,4,9-11H2,1-3H3/t15?,16?,23-/m0/s1. The summed E-state index contributed by atoms with van der Waals surface area (Å²) in [6.45, 7) is 2.60. The average Bonchev–Trinajstić information content (AvgIpc) is 3.10. The molecule has 8 nitrogen and oxygen atoms in total. The van der Waals surface area contributed by atoms with Crippen LogP contribution in [-0.2, 0) is 27.4 Å². The van der Waals surface area contributed by atoms with Gasteiger partial charge in [-0.1, -0.05) is 13.0 Å². The van der Waals surface area contributed by atoms with Crippen LogP contribution in [0.5, 0.6) is 5.75 Å². The molecule has 2 unspecified atom stereocenters. The quantitative estimate of drug-likeness (QED) is 0.723. The first-order valence-electron chi connectivity index (χ1n) is 10.5. The van der Waals surface area contributed by atoms with Crippen molar-refractivity contribution in [2.75, 3.05) is 20.7 Å². The average molecular weight is 423 g/mol. The highest BCUT2D eigenvalue weighted by atomic mass is 16.6. The highest BCUT2D eigenvalue weighted by molar-refractivity contribution is 5.97. The lowest BCUT2D eigenvalue weighted by atomic mass is 9.72. The van der Waals surface area contributed by atoms with Crippen molar-refractivity contribution >= 4 is 28.5 Å². The summed E-state index contributed by atoms with van der Waals surface area (Å²) < 4.78 is 5.16. The fourth-order valence-electron chi connectivity index (χ4n) is 5.00. The van der Waals surface area contributed by atoms with Gasteiger partial charge in [0.2, 0.25) is 5.91 Å². The molecule has 162 valence electrons. The number of carbonyl (C=O) groups is 2. The molecule has 0 aliphatic carbocycles. The van der Waals surface area contributed by atoms with Gasteiger partial charge in [0.1, 0.15) is 12.4 Å². The van der Waals surface area contributed by atoms with Crippen molar-refractivity contribution in [3.63, 3.8) is 0 Å². The number of hydrogen-bond acceptors (Lipinski definition) is 7. The SMILES string of the molecule is CC[C@@]1(O)C(=O)OCC2C(=O)N3Cc4cc5c(CN(C)C)c(O)ccc5nc4C3=CC21. The summed E-state index contributed by atoms with van der Waals surface area (Å²) >= 11 is 0. The molecule has 1 aromatic heterocycles. The lowest BCUT2D eigenvalue weighted by Crippen LogP contribution is -2.58. The number of cyclic esters (lactones) is 1. The molecule has 31 heavy (non-hydrogen) atoms. The van der Waals surface area contributed by atoms with Crippen molar-refractivity contribution in [2.24, 2.45) is 11.8 Å². The van der Waals surface area contributed by atoms with Crippen molar-refractivity contribution in [1.29, 1.82) is 0 Å². The smallest absolute Gasteiger partial charge is 0.338 e. The van der Waals surface area contributed by atoms with Gasteiger partial charge in [-0.3, -0.25) is 4.79 Å². The third-order valence-electron chi connectivity index (χ3n) is 6.69. The number of fused-ring (bicyclic) bond motifs is 5. The summed E-state index contributed by atoms with van der Waals surface area (Å²) in [4.78, 5) is 34.1. The Morgan fingerprint density at radius 3 is 2.81 bits per heavy atom. The van der Waals surface area contributed by atoms with Crippen LogP contribution in [0.15, 0.2) is 24.3 Å². The van der Waals surface area contributed by atoms with Crippen molar-refractivity contribution in [2.45, 2.75) is 32.0 Å². The summed E-state index contributed by atoms with van der Waals surface area (Å²) in [6.07, 6.45) is 1.98. The fourth-order valence-corrected chi connectivity index (χ4v) is 5.00. The van der Waals surface area contributed by atoms with Crippen LogP contribution in [0, 0.1) is 11.8 Å². The first-order valence-corrected chi connectivity index (χ1v) is 10.5. The highest BCUT2D eigenvalue weighted by Gasteiger charge is 2.56. The summed E-state index contributed by atoms with van der Waals surface area (Å²) in [7, 11) is 3.87. The second-order valence-corrected chi connectivity index (χ2v) is 8.85. The van der Waals surface area contributed by atoms with Gasteiger partial charge in [-0.05, 0) is 38.7 Å². The number of nitrogens with zero attached hydrogens (tertiary/aromatic N) is 3. The second-order valence-electron chi connectivity index (χ2n) is 8.85. The third-order valence-corrected chi connectivity index (χ3v) is 6.69. The number of phenolic OH excluding ortho intramolecular Hbond substituents is 1. The number of aliphatic hydroxyl groups is 1. The number of rotatable bonds is 3. The summed E-state index contributed by atoms with van der Waals surface area (Å²) in [5, 5.41) is 22.3. The van der Waals surface area contributed by atoms with Crippen LogP contribution < -0.4 is 0 Å². The second kappa shape index (κ2) is 6.77. The molecule has 0 bridgehead atoms. The zero-order valence-electron chi connectivity index (χ0n) is 17.8. The minimum absolute atomic E-state index is 0.0302. The Hall–Kier alpha value is -2.97. The first-order chi connectivity index (χ1) is 14.7. The maximum Gasteiger partial charge on any atom is 0.338 e. The highest BCUT2D eigenvalue weighted by Crippen LogP contribution is 2.46. The molecule has 3 atom stereocenters. The lowest BCUT2D eigenvalue weighted by molar-refractivity contribution is -0.190. The number of hydrogen-bond donors (Lipinski definition) is 2.